The molecule has 0 unspecified atom stereocenters. The van der Waals surface area contributed by atoms with Gasteiger partial charge in [-0.05, 0) is 35.0 Å². The maximum atomic E-state index is 12.0. The molecule has 0 atom stereocenters. The second-order valence-electron chi connectivity index (χ2n) is 4.81. The van der Waals surface area contributed by atoms with Crippen molar-refractivity contribution in [1.82, 2.24) is 20.2 Å². The molecule has 1 aromatic heterocycles. The van der Waals surface area contributed by atoms with Crippen LogP contribution in [0.15, 0.2) is 54.6 Å². The monoisotopic (exact) mass is 309 g/mol. The van der Waals surface area contributed by atoms with Crippen LogP contribution in [0.2, 0.25) is 0 Å². The van der Waals surface area contributed by atoms with Gasteiger partial charge in [0, 0.05) is 5.56 Å². The average Bonchev–Trinajstić information content (AvgIpc) is 3.03. The molecule has 0 radical (unpaired) electrons. The number of rotatable bonds is 5. The van der Waals surface area contributed by atoms with Gasteiger partial charge < -0.3 is 4.74 Å². The molecule has 7 heteroatoms. The zero-order valence-electron chi connectivity index (χ0n) is 12.5. The van der Waals surface area contributed by atoms with Gasteiger partial charge in [-0.1, -0.05) is 35.4 Å². The van der Waals surface area contributed by atoms with Gasteiger partial charge in [-0.2, -0.15) is 4.80 Å². The quantitative estimate of drug-likeness (QED) is 0.779. The Morgan fingerprint density at radius 3 is 2.57 bits per heavy atom. The van der Waals surface area contributed by atoms with Gasteiger partial charge in [-0.3, -0.25) is 10.1 Å². The summed E-state index contributed by atoms with van der Waals surface area (Å²) < 4.78 is 5.11. The molecule has 0 saturated heterocycles. The van der Waals surface area contributed by atoms with Gasteiger partial charge in [-0.25, -0.2) is 0 Å². The molecule has 0 saturated carbocycles. The first kappa shape index (κ1) is 14.7. The molecule has 3 aromatic rings. The Morgan fingerprint density at radius 1 is 1.13 bits per heavy atom. The smallest absolute Gasteiger partial charge is 0.270 e. The molecule has 0 fully saturated rings. The predicted molar refractivity (Wildman–Crippen MR) is 84.3 cm³/mol. The Morgan fingerprint density at radius 2 is 1.87 bits per heavy atom. The highest BCUT2D eigenvalue weighted by Crippen LogP contribution is 2.12. The van der Waals surface area contributed by atoms with Crippen molar-refractivity contribution in [1.29, 1.82) is 0 Å². The van der Waals surface area contributed by atoms with Crippen molar-refractivity contribution >= 4 is 11.9 Å². The number of benzene rings is 2. The Labute approximate surface area is 132 Å². The minimum Gasteiger partial charge on any atom is -0.497 e. The minimum absolute atomic E-state index is 0.173. The topological polar surface area (TPSA) is 81.9 Å². The molecule has 7 nitrogen and oxygen atoms in total. The molecular weight excluding hydrogens is 294 g/mol. The van der Waals surface area contributed by atoms with Crippen LogP contribution in [-0.2, 0) is 6.54 Å². The number of methoxy groups -OCH3 is 1. The maximum Gasteiger partial charge on any atom is 0.270 e. The van der Waals surface area contributed by atoms with E-state index in [1.54, 1.807) is 31.4 Å². The van der Waals surface area contributed by atoms with Crippen LogP contribution in [-0.4, -0.2) is 33.2 Å². The summed E-state index contributed by atoms with van der Waals surface area (Å²) in [5, 5.41) is 14.5. The third kappa shape index (κ3) is 3.70. The highest BCUT2D eigenvalue weighted by atomic mass is 16.5. The molecule has 0 aliphatic carbocycles. The standard InChI is InChI=1S/C16H15N5O2/c1-23-14-9-7-12(8-10-14)11-21-19-16(18-20-21)17-15(22)13-5-3-2-4-6-13/h2-10H,11H2,1H3,(H,17,19,22). The molecule has 0 aliphatic heterocycles. The van der Waals surface area contributed by atoms with Gasteiger partial charge in [-0.15, -0.1) is 5.10 Å². The number of carbonyl (C=O) groups excluding carboxylic acids is 1. The van der Waals surface area contributed by atoms with Crippen molar-refractivity contribution in [3.05, 3.63) is 65.7 Å². The molecule has 116 valence electrons. The fourth-order valence-corrected chi connectivity index (χ4v) is 2.02. The lowest BCUT2D eigenvalue weighted by Crippen LogP contribution is -2.13. The zero-order valence-corrected chi connectivity index (χ0v) is 12.5. The van der Waals surface area contributed by atoms with Gasteiger partial charge in [0.15, 0.2) is 0 Å². The van der Waals surface area contributed by atoms with Crippen LogP contribution < -0.4 is 10.1 Å². The Balaban J connectivity index is 1.64. The van der Waals surface area contributed by atoms with E-state index in [0.717, 1.165) is 11.3 Å². The molecular formula is C16H15N5O2. The molecule has 2 aromatic carbocycles. The number of anilines is 1. The molecule has 23 heavy (non-hydrogen) atoms. The van der Waals surface area contributed by atoms with Gasteiger partial charge in [0.25, 0.3) is 11.9 Å². The Bertz CT molecular complexity index is 784. The summed E-state index contributed by atoms with van der Waals surface area (Å²) in [6.45, 7) is 0.457. The van der Waals surface area contributed by atoms with Crippen LogP contribution >= 0.6 is 0 Å². The SMILES string of the molecule is COc1ccc(Cn2nnc(NC(=O)c3ccccc3)n2)cc1. The molecule has 1 heterocycles. The van der Waals surface area contributed by atoms with Crippen LogP contribution in [0.3, 0.4) is 0 Å². The van der Waals surface area contributed by atoms with E-state index in [1.807, 2.05) is 30.3 Å². The zero-order chi connectivity index (χ0) is 16.1. The van der Waals surface area contributed by atoms with Crippen molar-refractivity contribution in [2.45, 2.75) is 6.54 Å². The normalized spacial score (nSPS) is 10.3. The van der Waals surface area contributed by atoms with E-state index in [-0.39, 0.29) is 11.9 Å². The third-order valence-electron chi connectivity index (χ3n) is 3.20. The summed E-state index contributed by atoms with van der Waals surface area (Å²) in [6, 6.07) is 16.4. The summed E-state index contributed by atoms with van der Waals surface area (Å²) in [5.41, 5.74) is 1.54. The van der Waals surface area contributed by atoms with E-state index in [0.29, 0.717) is 12.1 Å². The summed E-state index contributed by atoms with van der Waals surface area (Å²) in [6.07, 6.45) is 0. The number of hydrogen-bond acceptors (Lipinski definition) is 5. The minimum atomic E-state index is -0.269. The second-order valence-corrected chi connectivity index (χ2v) is 4.81. The third-order valence-corrected chi connectivity index (χ3v) is 3.20. The fourth-order valence-electron chi connectivity index (χ4n) is 2.02. The van der Waals surface area contributed by atoms with E-state index in [9.17, 15) is 4.79 Å². The van der Waals surface area contributed by atoms with Crippen LogP contribution in [0.25, 0.3) is 0 Å². The van der Waals surface area contributed by atoms with Gasteiger partial charge >= 0.3 is 0 Å². The summed E-state index contributed by atoms with van der Waals surface area (Å²) in [7, 11) is 1.62. The number of nitrogens with zero attached hydrogens (tertiary/aromatic N) is 4. The van der Waals surface area contributed by atoms with Crippen molar-refractivity contribution < 1.29 is 9.53 Å². The molecule has 1 amide bonds. The van der Waals surface area contributed by atoms with Crippen molar-refractivity contribution in [2.24, 2.45) is 0 Å². The Kier molecular flexibility index (Phi) is 4.28. The number of amides is 1. The van der Waals surface area contributed by atoms with Gasteiger partial charge in [0.1, 0.15) is 5.75 Å². The number of carbonyl (C=O) groups is 1. The van der Waals surface area contributed by atoms with Crippen molar-refractivity contribution in [3.63, 3.8) is 0 Å². The highest BCUT2D eigenvalue weighted by molar-refractivity contribution is 6.03. The van der Waals surface area contributed by atoms with Crippen LogP contribution in [0.1, 0.15) is 15.9 Å². The summed E-state index contributed by atoms with van der Waals surface area (Å²) in [5.74, 6) is 0.693. The first-order valence-electron chi connectivity index (χ1n) is 7.02. The highest BCUT2D eigenvalue weighted by Gasteiger charge is 2.09. The first-order valence-corrected chi connectivity index (χ1v) is 7.02. The van der Waals surface area contributed by atoms with E-state index < -0.39 is 0 Å². The lowest BCUT2D eigenvalue weighted by molar-refractivity contribution is 0.102. The lowest BCUT2D eigenvalue weighted by atomic mass is 10.2. The van der Waals surface area contributed by atoms with Crippen molar-refractivity contribution in [3.8, 4) is 5.75 Å². The molecule has 0 spiro atoms. The van der Waals surface area contributed by atoms with Crippen molar-refractivity contribution in [2.75, 3.05) is 12.4 Å². The molecule has 3 rings (SSSR count). The van der Waals surface area contributed by atoms with E-state index in [4.69, 9.17) is 4.74 Å². The van der Waals surface area contributed by atoms with Crippen LogP contribution in [0.4, 0.5) is 5.95 Å². The fraction of sp³-hybridized carbons (Fsp3) is 0.125. The maximum absolute atomic E-state index is 12.0. The number of nitrogens with one attached hydrogen (secondary N) is 1. The van der Waals surface area contributed by atoms with Crippen LogP contribution in [0.5, 0.6) is 5.75 Å². The summed E-state index contributed by atoms with van der Waals surface area (Å²) in [4.78, 5) is 13.4. The predicted octanol–water partition coefficient (Wildman–Crippen LogP) is 1.98. The molecule has 0 aliphatic rings. The Hall–Kier alpha value is -3.22. The number of tetrazole rings is 1. The molecule has 1 N–H and O–H groups in total. The van der Waals surface area contributed by atoms with E-state index in [1.165, 1.54) is 4.80 Å². The van der Waals surface area contributed by atoms with Gasteiger partial charge in [0.2, 0.25) is 0 Å². The second kappa shape index (κ2) is 6.69. The largest absolute Gasteiger partial charge is 0.497 e. The summed E-state index contributed by atoms with van der Waals surface area (Å²) >= 11 is 0. The lowest BCUT2D eigenvalue weighted by Gasteiger charge is -2.02. The molecule has 0 bridgehead atoms. The number of hydrogen-bond donors (Lipinski definition) is 1. The average molecular weight is 309 g/mol. The van der Waals surface area contributed by atoms with E-state index in [2.05, 4.69) is 20.7 Å². The van der Waals surface area contributed by atoms with Gasteiger partial charge in [0.05, 0.1) is 13.7 Å². The van der Waals surface area contributed by atoms with E-state index >= 15 is 0 Å². The number of ether oxygens (including phenoxy) is 1. The number of aromatic nitrogens is 4. The van der Waals surface area contributed by atoms with Crippen LogP contribution in [0, 0.1) is 0 Å². The first-order chi connectivity index (χ1) is 11.2.